The van der Waals surface area contributed by atoms with Crippen LogP contribution < -0.4 is 0 Å². The lowest BCUT2D eigenvalue weighted by molar-refractivity contribution is 0.0457. The Kier molecular flexibility index (Phi) is 2.33. The molecule has 1 aliphatic heterocycles. The van der Waals surface area contributed by atoms with E-state index in [-0.39, 0.29) is 5.60 Å². The van der Waals surface area contributed by atoms with E-state index in [1.165, 1.54) is 0 Å². The molecule has 1 aliphatic rings. The van der Waals surface area contributed by atoms with Gasteiger partial charge in [-0.2, -0.15) is 0 Å². The summed E-state index contributed by atoms with van der Waals surface area (Å²) in [6, 6.07) is 0. The summed E-state index contributed by atoms with van der Waals surface area (Å²) < 4.78 is 10.3. The maximum atomic E-state index is 5.62. The van der Waals surface area contributed by atoms with Crippen molar-refractivity contribution in [3.63, 3.8) is 0 Å². The highest BCUT2D eigenvalue weighted by Gasteiger charge is 2.28. The van der Waals surface area contributed by atoms with Crippen LogP contribution in [0.5, 0.6) is 0 Å². The maximum absolute atomic E-state index is 5.62. The van der Waals surface area contributed by atoms with Gasteiger partial charge in [-0.25, -0.2) is 0 Å². The monoisotopic (exact) mass is 168 g/mol. The van der Waals surface area contributed by atoms with Gasteiger partial charge in [-0.15, -0.1) is 0 Å². The first kappa shape index (κ1) is 7.74. The van der Waals surface area contributed by atoms with Crippen LogP contribution in [0.1, 0.15) is 20.3 Å². The third-order valence-corrected chi connectivity index (χ3v) is 2.74. The third kappa shape index (κ3) is 2.38. The molecule has 0 aromatic heterocycles. The van der Waals surface area contributed by atoms with Crippen LogP contribution in [0.4, 0.5) is 0 Å². The van der Waals surface area contributed by atoms with Crippen molar-refractivity contribution in [2.45, 2.75) is 25.9 Å². The standard InChI is InChI=1S/C5H10ClO2P/c1-5(2)3-4-7-9(6)8-5/h3-4H2,1-2H3. The first-order valence-electron chi connectivity index (χ1n) is 2.88. The van der Waals surface area contributed by atoms with Crippen molar-refractivity contribution in [2.24, 2.45) is 0 Å². The van der Waals surface area contributed by atoms with Crippen molar-refractivity contribution >= 4 is 19.0 Å². The molecule has 0 N–H and O–H groups in total. The van der Waals surface area contributed by atoms with E-state index < -0.39 is 7.73 Å². The normalized spacial score (nSPS) is 34.3. The van der Waals surface area contributed by atoms with Gasteiger partial charge in [-0.3, -0.25) is 0 Å². The quantitative estimate of drug-likeness (QED) is 0.518. The molecule has 54 valence electrons. The van der Waals surface area contributed by atoms with Crippen molar-refractivity contribution in [1.82, 2.24) is 0 Å². The van der Waals surface area contributed by atoms with Gasteiger partial charge in [-0.05, 0) is 25.1 Å². The van der Waals surface area contributed by atoms with Crippen LogP contribution in [-0.2, 0) is 9.05 Å². The van der Waals surface area contributed by atoms with Crippen molar-refractivity contribution in [1.29, 1.82) is 0 Å². The molecule has 0 aromatic carbocycles. The van der Waals surface area contributed by atoms with Gasteiger partial charge in [0.1, 0.15) is 0 Å². The molecular formula is C5H10ClO2P. The van der Waals surface area contributed by atoms with Gasteiger partial charge in [0, 0.05) is 6.42 Å². The number of hydrogen-bond acceptors (Lipinski definition) is 2. The van der Waals surface area contributed by atoms with Crippen molar-refractivity contribution in [3.05, 3.63) is 0 Å². The van der Waals surface area contributed by atoms with E-state index in [0.29, 0.717) is 0 Å². The highest BCUT2D eigenvalue weighted by atomic mass is 35.7. The maximum Gasteiger partial charge on any atom is 0.277 e. The van der Waals surface area contributed by atoms with Gasteiger partial charge in [-0.1, -0.05) is 0 Å². The predicted molar refractivity (Wildman–Crippen MR) is 38.5 cm³/mol. The summed E-state index contributed by atoms with van der Waals surface area (Å²) in [5.41, 5.74) is -0.0777. The van der Waals surface area contributed by atoms with E-state index in [1.54, 1.807) is 0 Å². The first-order valence-corrected chi connectivity index (χ1v) is 4.96. The fourth-order valence-corrected chi connectivity index (χ4v) is 2.16. The molecule has 1 fully saturated rings. The Morgan fingerprint density at radius 3 is 2.56 bits per heavy atom. The van der Waals surface area contributed by atoms with Gasteiger partial charge < -0.3 is 9.05 Å². The number of hydrogen-bond donors (Lipinski definition) is 0. The van der Waals surface area contributed by atoms with Crippen molar-refractivity contribution in [2.75, 3.05) is 6.61 Å². The van der Waals surface area contributed by atoms with Gasteiger partial charge in [0.25, 0.3) is 7.73 Å². The Labute approximate surface area is 61.2 Å². The van der Waals surface area contributed by atoms with Crippen LogP contribution in [0.2, 0.25) is 0 Å². The molecule has 9 heavy (non-hydrogen) atoms. The number of rotatable bonds is 0. The van der Waals surface area contributed by atoms with Crippen LogP contribution in [0.25, 0.3) is 0 Å². The van der Waals surface area contributed by atoms with Gasteiger partial charge in [0.2, 0.25) is 0 Å². The highest BCUT2D eigenvalue weighted by molar-refractivity contribution is 7.76. The molecule has 0 amide bonds. The van der Waals surface area contributed by atoms with Crippen molar-refractivity contribution < 1.29 is 9.05 Å². The fourth-order valence-electron chi connectivity index (χ4n) is 0.629. The summed E-state index contributed by atoms with van der Waals surface area (Å²) in [7, 11) is -1.11. The topological polar surface area (TPSA) is 18.5 Å². The summed E-state index contributed by atoms with van der Waals surface area (Å²) in [6.07, 6.45) is 0.929. The van der Waals surface area contributed by atoms with E-state index in [1.807, 2.05) is 13.8 Å². The largest absolute Gasteiger partial charge is 0.322 e. The summed E-state index contributed by atoms with van der Waals surface area (Å²) >= 11 is 5.62. The molecule has 0 bridgehead atoms. The van der Waals surface area contributed by atoms with Crippen LogP contribution in [-0.4, -0.2) is 12.2 Å². The molecule has 2 nitrogen and oxygen atoms in total. The van der Waals surface area contributed by atoms with Crippen LogP contribution in [0.15, 0.2) is 0 Å². The van der Waals surface area contributed by atoms with E-state index in [0.717, 1.165) is 13.0 Å². The molecule has 0 radical (unpaired) electrons. The molecule has 0 saturated carbocycles. The molecule has 0 spiro atoms. The summed E-state index contributed by atoms with van der Waals surface area (Å²) in [6.45, 7) is 4.77. The lowest BCUT2D eigenvalue weighted by Gasteiger charge is -2.31. The Hall–Kier alpha value is 0.640. The lowest BCUT2D eigenvalue weighted by atomic mass is 10.1. The molecule has 0 aliphatic carbocycles. The Morgan fingerprint density at radius 2 is 2.22 bits per heavy atom. The molecule has 1 unspecified atom stereocenters. The van der Waals surface area contributed by atoms with Crippen LogP contribution in [0.3, 0.4) is 0 Å². The second kappa shape index (κ2) is 2.71. The van der Waals surface area contributed by atoms with E-state index >= 15 is 0 Å². The Morgan fingerprint density at radius 1 is 1.56 bits per heavy atom. The molecule has 1 saturated heterocycles. The minimum Gasteiger partial charge on any atom is -0.322 e. The average molecular weight is 169 g/mol. The second-order valence-electron chi connectivity index (χ2n) is 2.65. The van der Waals surface area contributed by atoms with E-state index in [4.69, 9.17) is 20.3 Å². The molecule has 1 rings (SSSR count). The highest BCUT2D eigenvalue weighted by Crippen LogP contribution is 2.51. The SMILES string of the molecule is CC1(C)CCOP(Cl)O1. The van der Waals surface area contributed by atoms with Gasteiger partial charge in [0.15, 0.2) is 0 Å². The predicted octanol–water partition coefficient (Wildman–Crippen LogP) is 2.67. The summed E-state index contributed by atoms with van der Waals surface area (Å²) in [5.74, 6) is 0. The Bertz CT molecular complexity index is 107. The molecule has 0 aromatic rings. The number of halogens is 1. The fraction of sp³-hybridized carbons (Fsp3) is 1.00. The van der Waals surface area contributed by atoms with Gasteiger partial charge >= 0.3 is 0 Å². The molecule has 4 heteroatoms. The Balaban J connectivity index is 2.41. The van der Waals surface area contributed by atoms with Crippen LogP contribution in [0, 0.1) is 0 Å². The zero-order valence-electron chi connectivity index (χ0n) is 5.56. The average Bonchev–Trinajstić information content (AvgIpc) is 1.60. The summed E-state index contributed by atoms with van der Waals surface area (Å²) in [5, 5.41) is 0. The third-order valence-electron chi connectivity index (χ3n) is 1.22. The van der Waals surface area contributed by atoms with Gasteiger partial charge in [0.05, 0.1) is 12.2 Å². The minimum atomic E-state index is -1.11. The van der Waals surface area contributed by atoms with Crippen LogP contribution >= 0.6 is 19.0 Å². The molecule has 1 atom stereocenters. The van der Waals surface area contributed by atoms with E-state index in [2.05, 4.69) is 0 Å². The lowest BCUT2D eigenvalue weighted by Crippen LogP contribution is -2.27. The van der Waals surface area contributed by atoms with E-state index in [9.17, 15) is 0 Å². The molecular weight excluding hydrogens is 158 g/mol. The zero-order valence-corrected chi connectivity index (χ0v) is 7.21. The first-order chi connectivity index (χ1) is 4.10. The zero-order chi connectivity index (χ0) is 6.91. The van der Waals surface area contributed by atoms with Crippen molar-refractivity contribution in [3.8, 4) is 0 Å². The minimum absolute atomic E-state index is 0.0777. The smallest absolute Gasteiger partial charge is 0.277 e. The summed E-state index contributed by atoms with van der Waals surface area (Å²) in [4.78, 5) is 0. The second-order valence-corrected chi connectivity index (χ2v) is 4.34. The molecule has 1 heterocycles.